The van der Waals surface area contributed by atoms with E-state index in [0.29, 0.717) is 5.15 Å². The summed E-state index contributed by atoms with van der Waals surface area (Å²) in [5.74, 6) is -0.507. The van der Waals surface area contributed by atoms with Gasteiger partial charge in [0.2, 0.25) is 0 Å². The first-order valence-corrected chi connectivity index (χ1v) is 8.22. The fraction of sp³-hybridized carbons (Fsp3) is 0.625. The van der Waals surface area contributed by atoms with Gasteiger partial charge in [0.15, 0.2) is 10.9 Å². The molecule has 0 amide bonds. The molecule has 1 saturated heterocycles. The van der Waals surface area contributed by atoms with Crippen molar-refractivity contribution in [1.29, 1.82) is 0 Å². The third kappa shape index (κ3) is 2.28. The smallest absolute Gasteiger partial charge is 0.163 e. The first-order chi connectivity index (χ1) is 10.9. The van der Waals surface area contributed by atoms with Crippen molar-refractivity contribution in [3.05, 3.63) is 23.1 Å². The van der Waals surface area contributed by atoms with E-state index in [1.165, 1.54) is 0 Å². The average molecular weight is 338 g/mol. The Kier molecular flexibility index (Phi) is 3.43. The first-order valence-electron chi connectivity index (χ1n) is 7.85. The van der Waals surface area contributed by atoms with Crippen molar-refractivity contribution in [3.63, 3.8) is 0 Å². The maximum absolute atomic E-state index is 9.72. The van der Waals surface area contributed by atoms with Crippen molar-refractivity contribution in [2.24, 2.45) is 13.0 Å². The molecule has 0 radical (unpaired) electrons. The number of nitrogens with zero attached hydrogens (tertiary/aromatic N) is 3. The lowest BCUT2D eigenvalue weighted by molar-refractivity contribution is -0.159. The Labute approximate surface area is 139 Å². The molecule has 0 bridgehead atoms. The normalized spacial score (nSPS) is 32.6. The van der Waals surface area contributed by atoms with E-state index in [1.807, 2.05) is 27.0 Å². The number of halogens is 1. The van der Waals surface area contributed by atoms with Crippen molar-refractivity contribution < 1.29 is 14.6 Å². The molecule has 4 rings (SSSR count). The van der Waals surface area contributed by atoms with Gasteiger partial charge < -0.3 is 14.6 Å². The number of hydrogen-bond acceptors (Lipinski definition) is 5. The van der Waals surface area contributed by atoms with Crippen LogP contribution in [0.5, 0.6) is 0 Å². The zero-order chi connectivity index (χ0) is 16.4. The van der Waals surface area contributed by atoms with Gasteiger partial charge in [0.25, 0.3) is 0 Å². The van der Waals surface area contributed by atoms with E-state index >= 15 is 0 Å². The highest BCUT2D eigenvalue weighted by Crippen LogP contribution is 2.49. The zero-order valence-electron chi connectivity index (χ0n) is 13.4. The standard InChI is InChI=1S/C16H20ClN3O3/c1-16(2)22-13-8(7-21)6-10(14(13)23-16)11-9-4-5-18-15(17)12(9)20(3)19-11/h4-5,8,10,13-14,21H,6-7H2,1-3H3/t8-,10+,13-,14+/m1/s1. The van der Waals surface area contributed by atoms with Crippen LogP contribution in [-0.4, -0.2) is 44.5 Å². The summed E-state index contributed by atoms with van der Waals surface area (Å²) in [6.45, 7) is 3.91. The van der Waals surface area contributed by atoms with Crippen LogP contribution < -0.4 is 0 Å². The summed E-state index contributed by atoms with van der Waals surface area (Å²) < 4.78 is 13.9. The molecule has 0 aromatic carbocycles. The van der Waals surface area contributed by atoms with Crippen LogP contribution in [0.25, 0.3) is 10.9 Å². The van der Waals surface area contributed by atoms with Crippen LogP contribution in [0.4, 0.5) is 0 Å². The van der Waals surface area contributed by atoms with Crippen LogP contribution in [0.15, 0.2) is 12.3 Å². The number of aromatic nitrogens is 3. The number of rotatable bonds is 2. The SMILES string of the molecule is Cn1nc([C@@H]2C[C@H](CO)[C@H]3OC(C)(C)O[C@H]32)c2ccnc(Cl)c21. The van der Waals surface area contributed by atoms with Gasteiger partial charge >= 0.3 is 0 Å². The molecule has 4 atom stereocenters. The topological polar surface area (TPSA) is 69.4 Å². The van der Waals surface area contributed by atoms with Gasteiger partial charge in [-0.1, -0.05) is 11.6 Å². The van der Waals surface area contributed by atoms with Crippen LogP contribution in [0.2, 0.25) is 5.15 Å². The Morgan fingerprint density at radius 2 is 2.13 bits per heavy atom. The lowest BCUT2D eigenvalue weighted by atomic mass is 9.98. The number of ether oxygens (including phenoxy) is 2. The molecule has 2 aliphatic rings. The Morgan fingerprint density at radius 3 is 2.87 bits per heavy atom. The molecule has 2 fully saturated rings. The molecule has 1 N–H and O–H groups in total. The first kappa shape index (κ1) is 15.3. The molecule has 124 valence electrons. The summed E-state index contributed by atoms with van der Waals surface area (Å²) in [5.41, 5.74) is 1.77. The number of aliphatic hydroxyl groups is 1. The van der Waals surface area contributed by atoms with Gasteiger partial charge in [-0.15, -0.1) is 0 Å². The number of aliphatic hydroxyl groups excluding tert-OH is 1. The van der Waals surface area contributed by atoms with Crippen molar-refractivity contribution in [3.8, 4) is 0 Å². The molecule has 1 aliphatic heterocycles. The second kappa shape index (κ2) is 5.14. The Balaban J connectivity index is 1.81. The van der Waals surface area contributed by atoms with Gasteiger partial charge in [-0.2, -0.15) is 5.10 Å². The Morgan fingerprint density at radius 1 is 1.39 bits per heavy atom. The van der Waals surface area contributed by atoms with Crippen LogP contribution in [0, 0.1) is 5.92 Å². The van der Waals surface area contributed by atoms with E-state index in [1.54, 1.807) is 10.9 Å². The van der Waals surface area contributed by atoms with E-state index < -0.39 is 5.79 Å². The molecule has 7 heteroatoms. The second-order valence-electron chi connectivity index (χ2n) is 6.86. The molecule has 1 aliphatic carbocycles. The molecular weight excluding hydrogens is 318 g/mol. The highest BCUT2D eigenvalue weighted by atomic mass is 35.5. The minimum atomic E-state index is -0.634. The van der Waals surface area contributed by atoms with Crippen molar-refractivity contribution in [2.45, 2.75) is 44.2 Å². The van der Waals surface area contributed by atoms with Crippen molar-refractivity contribution in [2.75, 3.05) is 6.61 Å². The maximum atomic E-state index is 9.72. The molecule has 3 heterocycles. The predicted molar refractivity (Wildman–Crippen MR) is 85.3 cm³/mol. The fourth-order valence-electron chi connectivity index (χ4n) is 4.02. The Bertz CT molecular complexity index is 760. The van der Waals surface area contributed by atoms with Crippen molar-refractivity contribution >= 4 is 22.5 Å². The predicted octanol–water partition coefficient (Wildman–Crippen LogP) is 2.24. The van der Waals surface area contributed by atoms with Crippen LogP contribution in [0.1, 0.15) is 31.9 Å². The lowest BCUT2D eigenvalue weighted by Gasteiger charge is -2.22. The van der Waals surface area contributed by atoms with Gasteiger partial charge in [0.05, 0.1) is 17.9 Å². The Hall–Kier alpha value is -1.21. The molecular formula is C16H20ClN3O3. The van der Waals surface area contributed by atoms with Crippen LogP contribution in [0.3, 0.4) is 0 Å². The lowest BCUT2D eigenvalue weighted by Crippen LogP contribution is -2.27. The van der Waals surface area contributed by atoms with E-state index in [-0.39, 0.29) is 30.7 Å². The molecule has 0 unspecified atom stereocenters. The molecule has 23 heavy (non-hydrogen) atoms. The second-order valence-corrected chi connectivity index (χ2v) is 7.21. The van der Waals surface area contributed by atoms with E-state index in [0.717, 1.165) is 23.0 Å². The van der Waals surface area contributed by atoms with Gasteiger partial charge in [0.1, 0.15) is 5.52 Å². The number of fused-ring (bicyclic) bond motifs is 2. The summed E-state index contributed by atoms with van der Waals surface area (Å²) in [4.78, 5) is 4.14. The largest absolute Gasteiger partial charge is 0.396 e. The molecule has 2 aromatic rings. The highest BCUT2D eigenvalue weighted by Gasteiger charge is 2.54. The molecule has 0 spiro atoms. The van der Waals surface area contributed by atoms with E-state index in [2.05, 4.69) is 10.1 Å². The fourth-order valence-corrected chi connectivity index (χ4v) is 4.30. The van der Waals surface area contributed by atoms with E-state index in [9.17, 15) is 5.11 Å². The summed E-state index contributed by atoms with van der Waals surface area (Å²) in [7, 11) is 1.87. The molecule has 1 saturated carbocycles. The quantitative estimate of drug-likeness (QED) is 0.851. The van der Waals surface area contributed by atoms with Gasteiger partial charge in [-0.25, -0.2) is 4.98 Å². The van der Waals surface area contributed by atoms with Crippen LogP contribution in [-0.2, 0) is 16.5 Å². The minimum Gasteiger partial charge on any atom is -0.396 e. The summed E-state index contributed by atoms with van der Waals surface area (Å²) in [6, 6.07) is 1.94. The third-order valence-electron chi connectivity index (χ3n) is 4.90. The van der Waals surface area contributed by atoms with Crippen LogP contribution >= 0.6 is 11.6 Å². The van der Waals surface area contributed by atoms with E-state index in [4.69, 9.17) is 21.1 Å². The number of hydrogen-bond donors (Lipinski definition) is 1. The van der Waals surface area contributed by atoms with Gasteiger partial charge in [0, 0.05) is 37.1 Å². The monoisotopic (exact) mass is 337 g/mol. The summed E-state index contributed by atoms with van der Waals surface area (Å²) >= 11 is 6.23. The molecule has 2 aromatic heterocycles. The maximum Gasteiger partial charge on any atom is 0.163 e. The van der Waals surface area contributed by atoms with Gasteiger partial charge in [-0.3, -0.25) is 4.68 Å². The summed E-state index contributed by atoms with van der Waals surface area (Å²) in [6.07, 6.45) is 2.27. The third-order valence-corrected chi connectivity index (χ3v) is 5.18. The average Bonchev–Trinajstić information content (AvgIpc) is 3.08. The van der Waals surface area contributed by atoms with Crippen molar-refractivity contribution in [1.82, 2.24) is 14.8 Å². The highest BCUT2D eigenvalue weighted by molar-refractivity contribution is 6.33. The molecule has 6 nitrogen and oxygen atoms in total. The minimum absolute atomic E-state index is 0.0566. The zero-order valence-corrected chi connectivity index (χ0v) is 14.1. The van der Waals surface area contributed by atoms with Gasteiger partial charge in [-0.05, 0) is 26.3 Å². The summed E-state index contributed by atoms with van der Waals surface area (Å²) in [5, 5.41) is 15.8. The number of aryl methyl sites for hydroxylation is 1. The number of pyridine rings is 1.